The summed E-state index contributed by atoms with van der Waals surface area (Å²) in [5.74, 6) is 6.59. The van der Waals surface area contributed by atoms with Gasteiger partial charge in [-0.15, -0.1) is 0 Å². The van der Waals surface area contributed by atoms with Gasteiger partial charge in [0.05, 0.1) is 0 Å². The van der Waals surface area contributed by atoms with Gasteiger partial charge >= 0.3 is 0 Å². The highest BCUT2D eigenvalue weighted by Crippen LogP contribution is 2.56. The summed E-state index contributed by atoms with van der Waals surface area (Å²) in [5, 5.41) is 102. The van der Waals surface area contributed by atoms with E-state index in [1.807, 2.05) is 24.3 Å². The molecule has 12 heteroatoms. The number of unbranched alkanes of at least 4 members (excludes halogenated alkanes) is 56. The van der Waals surface area contributed by atoms with Crippen molar-refractivity contribution in [2.24, 2.45) is 23.7 Å². The van der Waals surface area contributed by atoms with Crippen LogP contribution in [0.25, 0.3) is 0 Å². The molecular weight excluding hydrogens is 1650 g/mol. The van der Waals surface area contributed by atoms with Gasteiger partial charge in [0.15, 0.2) is 0 Å². The number of fused-ring (bicyclic) bond motifs is 8. The fourth-order valence-corrected chi connectivity index (χ4v) is 25.0. The monoisotopic (exact) mass is 1850 g/mol. The van der Waals surface area contributed by atoms with Crippen LogP contribution in [-0.4, -0.2) is 86.9 Å². The zero-order chi connectivity index (χ0) is 92.1. The van der Waals surface area contributed by atoms with E-state index in [-0.39, 0.29) is 69.7 Å². The molecule has 1 aliphatic rings. The zero-order valence-electron chi connectivity index (χ0n) is 84.2. The molecule has 128 heavy (non-hydrogen) atoms. The number of thioether (sulfide) groups is 4. The van der Waals surface area contributed by atoms with E-state index in [0.29, 0.717) is 44.5 Å². The van der Waals surface area contributed by atoms with E-state index in [0.717, 1.165) is 103 Å². The molecule has 8 bridgehead atoms. The van der Waals surface area contributed by atoms with Gasteiger partial charge in [0, 0.05) is 92.4 Å². The average molecular weight is 1850 g/mol. The largest absolute Gasteiger partial charge is 0.508 e. The van der Waals surface area contributed by atoms with Crippen molar-refractivity contribution in [1.29, 1.82) is 0 Å². The Morgan fingerprint density at radius 1 is 0.164 bits per heavy atom. The SMILES string of the molecule is CCCCCCCCCCSCCCCCCCCCCC(C)C1c2cc(c(O)cc2O)C(C(C)CCCCCCCCCCSCCCCCCCCCC)c2cc(c(O)cc2O)C(C(C)CCCCCCCCCCSCCCCCCCCCC)c2cc(c(O)cc2O)C(C(C)CCCCCCCCCCSCCCCCCCCCC)c2cc1c(O)cc2O. The summed E-state index contributed by atoms with van der Waals surface area (Å²) in [6, 6.07) is 13.8. The summed E-state index contributed by atoms with van der Waals surface area (Å²) < 4.78 is 0. The lowest BCUT2D eigenvalue weighted by Gasteiger charge is -2.34. The van der Waals surface area contributed by atoms with E-state index < -0.39 is 23.7 Å². The van der Waals surface area contributed by atoms with Crippen LogP contribution >= 0.6 is 47.0 Å². The van der Waals surface area contributed by atoms with Crippen LogP contribution in [0.1, 0.15) is 560 Å². The molecule has 5 rings (SSSR count). The van der Waals surface area contributed by atoms with Crippen LogP contribution in [0.2, 0.25) is 0 Å². The van der Waals surface area contributed by atoms with Crippen LogP contribution in [0.15, 0.2) is 48.5 Å². The minimum atomic E-state index is -0.611. The van der Waals surface area contributed by atoms with Crippen molar-refractivity contribution < 1.29 is 40.9 Å². The van der Waals surface area contributed by atoms with E-state index in [4.69, 9.17) is 0 Å². The molecule has 4 unspecified atom stereocenters. The van der Waals surface area contributed by atoms with E-state index >= 15 is 0 Å². The predicted octanol–water partition coefficient (Wildman–Crippen LogP) is 38.3. The molecule has 4 aromatic carbocycles. The molecule has 0 radical (unpaired) electrons. The lowest BCUT2D eigenvalue weighted by atomic mass is 9.71. The highest BCUT2D eigenvalue weighted by Gasteiger charge is 2.38. The molecule has 0 aliphatic heterocycles. The molecule has 0 fully saturated rings. The molecule has 8 nitrogen and oxygen atoms in total. The van der Waals surface area contributed by atoms with Crippen LogP contribution in [0.5, 0.6) is 46.0 Å². The average Bonchev–Trinajstić information content (AvgIpc) is 0.746. The van der Waals surface area contributed by atoms with Gasteiger partial charge in [0.2, 0.25) is 0 Å². The summed E-state index contributed by atoms with van der Waals surface area (Å²) in [7, 11) is 0. The third-order valence-corrected chi connectivity index (χ3v) is 33.6. The molecule has 736 valence electrons. The lowest BCUT2D eigenvalue weighted by molar-refractivity contribution is 0.377. The molecule has 0 saturated heterocycles. The Labute approximate surface area is 806 Å². The second kappa shape index (κ2) is 75.8. The maximum Gasteiger partial charge on any atom is 0.123 e. The number of rotatable bonds is 84. The number of benzene rings is 4. The lowest BCUT2D eigenvalue weighted by Crippen LogP contribution is -2.19. The van der Waals surface area contributed by atoms with Crippen molar-refractivity contribution in [2.45, 2.75) is 516 Å². The van der Waals surface area contributed by atoms with Crippen molar-refractivity contribution in [2.75, 3.05) is 46.0 Å². The third-order valence-electron chi connectivity index (χ3n) is 29.0. The molecule has 0 spiro atoms. The zero-order valence-corrected chi connectivity index (χ0v) is 87.5. The molecule has 0 saturated carbocycles. The van der Waals surface area contributed by atoms with Crippen LogP contribution in [-0.2, 0) is 0 Å². The first-order chi connectivity index (χ1) is 62.6. The fourth-order valence-electron chi connectivity index (χ4n) is 20.9. The Morgan fingerprint density at radius 2 is 0.273 bits per heavy atom. The maximum absolute atomic E-state index is 12.8. The second-order valence-corrected chi connectivity index (χ2v) is 45.4. The van der Waals surface area contributed by atoms with E-state index in [1.165, 1.54) is 404 Å². The molecule has 0 aromatic heterocycles. The molecular formula is C116H200O8S4. The van der Waals surface area contributed by atoms with Gasteiger partial charge in [-0.1, -0.05) is 415 Å². The predicted molar refractivity (Wildman–Crippen MR) is 569 cm³/mol. The molecule has 4 aromatic rings. The number of aromatic hydroxyl groups is 8. The number of phenolic OH excluding ortho intramolecular Hbond substituents is 8. The van der Waals surface area contributed by atoms with Crippen molar-refractivity contribution >= 4 is 47.0 Å². The van der Waals surface area contributed by atoms with Crippen LogP contribution < -0.4 is 0 Å². The van der Waals surface area contributed by atoms with Crippen molar-refractivity contribution in [3.8, 4) is 46.0 Å². The second-order valence-electron chi connectivity index (χ2n) is 40.5. The number of phenols is 8. The summed E-state index contributed by atoms with van der Waals surface area (Å²) in [4.78, 5) is 0. The van der Waals surface area contributed by atoms with E-state index in [9.17, 15) is 40.9 Å². The van der Waals surface area contributed by atoms with Gasteiger partial charge < -0.3 is 40.9 Å². The first-order valence-electron chi connectivity index (χ1n) is 55.1. The normalized spacial score (nSPS) is 15.6. The van der Waals surface area contributed by atoms with Gasteiger partial charge in [-0.25, -0.2) is 0 Å². The Hall–Kier alpha value is -3.32. The quantitative estimate of drug-likeness (QED) is 0.0198. The molecule has 0 heterocycles. The molecule has 4 atom stereocenters. The highest BCUT2D eigenvalue weighted by molar-refractivity contribution is 7.99. The minimum Gasteiger partial charge on any atom is -0.508 e. The molecule has 0 amide bonds. The van der Waals surface area contributed by atoms with Gasteiger partial charge in [-0.3, -0.25) is 0 Å². The van der Waals surface area contributed by atoms with Crippen LogP contribution in [0.4, 0.5) is 0 Å². The first kappa shape index (κ1) is 115. The number of hydrogen-bond acceptors (Lipinski definition) is 12. The Balaban J connectivity index is 1.45. The van der Waals surface area contributed by atoms with Crippen LogP contribution in [0, 0.1) is 23.7 Å². The van der Waals surface area contributed by atoms with Gasteiger partial charge in [0.1, 0.15) is 46.0 Å². The summed E-state index contributed by atoms with van der Waals surface area (Å²) >= 11 is 8.59. The van der Waals surface area contributed by atoms with Gasteiger partial charge in [0.25, 0.3) is 0 Å². The van der Waals surface area contributed by atoms with Crippen molar-refractivity contribution in [3.63, 3.8) is 0 Å². The Morgan fingerprint density at radius 3 is 0.398 bits per heavy atom. The maximum atomic E-state index is 12.8. The van der Waals surface area contributed by atoms with Gasteiger partial charge in [-0.05, 0) is 171 Å². The van der Waals surface area contributed by atoms with Crippen LogP contribution in [0.3, 0.4) is 0 Å². The highest BCUT2D eigenvalue weighted by atomic mass is 32.2. The molecule has 1 aliphatic carbocycles. The van der Waals surface area contributed by atoms with Crippen molar-refractivity contribution in [3.05, 3.63) is 93.0 Å². The topological polar surface area (TPSA) is 162 Å². The van der Waals surface area contributed by atoms with Gasteiger partial charge in [-0.2, -0.15) is 47.0 Å². The standard InChI is InChI=1S/C116H200O8S4/c1-9-13-17-21-25-41-53-65-77-125-81-69-57-45-33-29-37-49-61-73-93(5)113-97-85-99(107(119)89-105(97)117)114(94(6)74-62-50-38-30-34-46-58-70-82-126-78-66-54-42-26-22-18-14-10-2)101-87-103(111(123)91-109(101)121)116(96(8)76-64-52-40-32-36-48-60-72-84-128-80-68-56-44-28-24-20-16-12-4)104-88-102(110(122)92-112(104)124)115(100-86-98(113)106(118)90-108(100)120)95(7)75-63-51-39-31-35-47-59-71-83-127-79-67-55-43-27-23-19-15-11-3/h85-96,113-124H,9-84H2,1-8H3. The van der Waals surface area contributed by atoms with E-state index in [1.54, 1.807) is 0 Å². The minimum absolute atomic E-state index is 0.0821. The van der Waals surface area contributed by atoms with Crippen molar-refractivity contribution in [1.82, 2.24) is 0 Å². The fraction of sp³-hybridized carbons (Fsp3) is 0.793. The summed E-state index contributed by atoms with van der Waals surface area (Å²) in [5.41, 5.74) is 4.52. The molecule has 8 N–H and O–H groups in total. The summed E-state index contributed by atoms with van der Waals surface area (Å²) in [6.07, 6.45) is 84.9. The Bertz CT molecular complexity index is 2790. The first-order valence-corrected chi connectivity index (χ1v) is 59.7. The third kappa shape index (κ3) is 48.9. The number of hydrogen-bond donors (Lipinski definition) is 8. The summed E-state index contributed by atoms with van der Waals surface area (Å²) in [6.45, 7) is 18.1. The Kier molecular flexibility index (Phi) is 68.2. The smallest absolute Gasteiger partial charge is 0.123 e. The van der Waals surface area contributed by atoms with E-state index in [2.05, 4.69) is 102 Å².